The lowest BCUT2D eigenvalue weighted by molar-refractivity contribution is -0.00848. The highest BCUT2D eigenvalue weighted by Gasteiger charge is 2.23. The van der Waals surface area contributed by atoms with E-state index in [-0.39, 0.29) is 38.3 Å². The van der Waals surface area contributed by atoms with Crippen LogP contribution < -0.4 is 16.4 Å². The molecule has 2 aromatic carbocycles. The number of ether oxygens (including phenoxy) is 5. The molecule has 0 fully saturated rings. The van der Waals surface area contributed by atoms with Crippen molar-refractivity contribution in [2.24, 2.45) is 0 Å². The van der Waals surface area contributed by atoms with E-state index in [2.05, 4.69) is 17.9 Å². The maximum atomic E-state index is 12.3. The smallest absolute Gasteiger partial charge is 0.339 e. The second-order valence-corrected chi connectivity index (χ2v) is 12.0. The first-order chi connectivity index (χ1) is 26.4. The number of aliphatic hydroxyl groups is 1. The fraction of sp³-hybridized carbons (Fsp3) is 0.405. The average molecular weight is 786 g/mol. The minimum absolute atomic E-state index is 0.0203. The number of aliphatic hydroxyl groups excluding tert-OH is 1. The molecule has 0 aliphatic carbocycles. The minimum Gasteiger partial charge on any atom is -0.478 e. The number of nitrogen functional groups attached to an aromatic ring is 2. The number of hydrogen-bond donors (Lipinski definition) is 5. The lowest BCUT2D eigenvalue weighted by Crippen LogP contribution is -2.27. The Morgan fingerprint density at radius 1 is 0.800 bits per heavy atom. The quantitative estimate of drug-likeness (QED) is 0.0447. The van der Waals surface area contributed by atoms with Gasteiger partial charge in [0.15, 0.2) is 6.29 Å². The van der Waals surface area contributed by atoms with E-state index >= 15 is 0 Å². The topological polar surface area (TPSA) is 278 Å². The predicted octanol–water partition coefficient (Wildman–Crippen LogP) is 3.53. The number of benzene rings is 2. The molecule has 1 aromatic heterocycles. The Balaban J connectivity index is 0.000000984. The van der Waals surface area contributed by atoms with Crippen molar-refractivity contribution in [3.63, 3.8) is 0 Å². The number of anilines is 3. The number of aldehydes is 1. The Hall–Kier alpha value is -5.60. The number of nitrogens with zero attached hydrogens (tertiary/aromatic N) is 3. The van der Waals surface area contributed by atoms with Gasteiger partial charge < -0.3 is 55.4 Å². The standard InChI is InChI=1S/C29H38N2O11.C7H5N3S.CH4O/c1-3-31(22-4-5-26(30)20(2)16-22)6-7-38-8-9-39-10-11-40-12-13-41-14-15-42-29(37)25-17-21(19-32)23(27(33)34)18-24(25)28(35)36;1-4-5(2-8)7(10)11-6(4)3-9;1-2/h4-5,16-19H,3,6-15,30H2,1-2H3,(H,33,34)(H,35,36);10H2,1H3;2H,1H3. The van der Waals surface area contributed by atoms with Crippen LogP contribution in [0.1, 0.15) is 69.9 Å². The molecule has 0 atom stereocenters. The number of aromatic carboxylic acids is 2. The normalized spacial score (nSPS) is 10.1. The molecule has 0 saturated carbocycles. The molecule has 0 amide bonds. The van der Waals surface area contributed by atoms with Crippen LogP contribution in [0.3, 0.4) is 0 Å². The molecule has 7 N–H and O–H groups in total. The summed E-state index contributed by atoms with van der Waals surface area (Å²) < 4.78 is 26.9. The van der Waals surface area contributed by atoms with Crippen molar-refractivity contribution in [2.45, 2.75) is 20.8 Å². The van der Waals surface area contributed by atoms with Gasteiger partial charge in [0.25, 0.3) is 0 Å². The molecule has 3 aromatic rings. The lowest BCUT2D eigenvalue weighted by atomic mass is 9.99. The van der Waals surface area contributed by atoms with E-state index in [1.807, 2.05) is 31.2 Å². The summed E-state index contributed by atoms with van der Waals surface area (Å²) in [4.78, 5) is 48.9. The van der Waals surface area contributed by atoms with Gasteiger partial charge in [-0.15, -0.1) is 11.3 Å². The molecule has 0 bridgehead atoms. The van der Waals surface area contributed by atoms with E-state index in [4.69, 9.17) is 55.9 Å². The van der Waals surface area contributed by atoms with Crippen LogP contribution in [0.2, 0.25) is 0 Å². The molecule has 0 radical (unpaired) electrons. The second-order valence-electron chi connectivity index (χ2n) is 10.9. The fourth-order valence-corrected chi connectivity index (χ4v) is 5.38. The van der Waals surface area contributed by atoms with Crippen molar-refractivity contribution in [1.29, 1.82) is 10.5 Å². The zero-order valence-electron chi connectivity index (χ0n) is 31.2. The largest absolute Gasteiger partial charge is 0.478 e. The van der Waals surface area contributed by atoms with Crippen LogP contribution in [0.15, 0.2) is 30.3 Å². The van der Waals surface area contributed by atoms with Crippen LogP contribution in [0.25, 0.3) is 0 Å². The molecule has 0 unspecified atom stereocenters. The zero-order chi connectivity index (χ0) is 41.3. The third-order valence-electron chi connectivity index (χ3n) is 7.47. The first-order valence-corrected chi connectivity index (χ1v) is 17.5. The molecular formula is C37H47N5O12S. The van der Waals surface area contributed by atoms with Gasteiger partial charge in [-0.05, 0) is 62.2 Å². The summed E-state index contributed by atoms with van der Waals surface area (Å²) in [5.74, 6) is -4.05. The highest BCUT2D eigenvalue weighted by molar-refractivity contribution is 7.16. The Morgan fingerprint density at radius 2 is 1.35 bits per heavy atom. The van der Waals surface area contributed by atoms with Crippen LogP contribution in [-0.2, 0) is 23.7 Å². The van der Waals surface area contributed by atoms with Gasteiger partial charge in [-0.1, -0.05) is 0 Å². The van der Waals surface area contributed by atoms with Gasteiger partial charge in [-0.3, -0.25) is 4.79 Å². The van der Waals surface area contributed by atoms with E-state index in [9.17, 15) is 24.3 Å². The van der Waals surface area contributed by atoms with Gasteiger partial charge in [0, 0.05) is 37.1 Å². The number of rotatable bonds is 21. The lowest BCUT2D eigenvalue weighted by Gasteiger charge is -2.23. The zero-order valence-corrected chi connectivity index (χ0v) is 32.0. The SMILES string of the molecule is CCN(CCOCCOCCOCCOCCOC(=O)c1cc(C=O)c(C(=O)O)cc1C(=O)O)c1ccc(N)c(C)c1.CO.Cc1c(C#N)sc(N)c1C#N. The summed E-state index contributed by atoms with van der Waals surface area (Å²) in [7, 11) is 1.00. The number of carboxylic acid groups (broad SMARTS) is 2. The Labute approximate surface area is 323 Å². The number of likely N-dealkylation sites (N-methyl/N-ethyl adjacent to an activating group) is 1. The Bertz CT molecular complexity index is 1800. The number of aryl methyl sites for hydroxylation is 1. The third-order valence-corrected chi connectivity index (χ3v) is 8.49. The predicted molar refractivity (Wildman–Crippen MR) is 204 cm³/mol. The molecule has 18 heteroatoms. The highest BCUT2D eigenvalue weighted by atomic mass is 32.1. The minimum atomic E-state index is -1.53. The number of hydrogen-bond acceptors (Lipinski definition) is 16. The first-order valence-electron chi connectivity index (χ1n) is 16.7. The van der Waals surface area contributed by atoms with Crippen LogP contribution in [0.5, 0.6) is 0 Å². The van der Waals surface area contributed by atoms with Crippen molar-refractivity contribution >= 4 is 51.9 Å². The van der Waals surface area contributed by atoms with Crippen LogP contribution >= 0.6 is 11.3 Å². The van der Waals surface area contributed by atoms with Crippen molar-refractivity contribution < 1.29 is 58.2 Å². The average Bonchev–Trinajstić information content (AvgIpc) is 3.47. The van der Waals surface area contributed by atoms with Crippen molar-refractivity contribution in [3.8, 4) is 12.1 Å². The van der Waals surface area contributed by atoms with Gasteiger partial charge in [-0.25, -0.2) is 14.4 Å². The van der Waals surface area contributed by atoms with E-state index in [0.717, 1.165) is 60.6 Å². The summed E-state index contributed by atoms with van der Waals surface area (Å²) in [5.41, 5.74) is 13.5. The van der Waals surface area contributed by atoms with Crippen molar-refractivity contribution in [2.75, 3.05) is 96.0 Å². The highest BCUT2D eigenvalue weighted by Crippen LogP contribution is 2.28. The van der Waals surface area contributed by atoms with E-state index in [0.29, 0.717) is 54.0 Å². The summed E-state index contributed by atoms with van der Waals surface area (Å²) in [6, 6.07) is 11.5. The molecular weight excluding hydrogens is 738 g/mol. The molecule has 0 aliphatic rings. The molecule has 3 rings (SSSR count). The van der Waals surface area contributed by atoms with Crippen molar-refractivity contribution in [1.82, 2.24) is 0 Å². The van der Waals surface area contributed by atoms with Gasteiger partial charge in [-0.2, -0.15) is 10.5 Å². The Morgan fingerprint density at radius 3 is 1.78 bits per heavy atom. The first kappa shape index (κ1) is 47.4. The van der Waals surface area contributed by atoms with Crippen LogP contribution in [0, 0.1) is 36.5 Å². The van der Waals surface area contributed by atoms with E-state index in [1.54, 1.807) is 6.92 Å². The monoisotopic (exact) mass is 785 g/mol. The van der Waals surface area contributed by atoms with Gasteiger partial charge >= 0.3 is 17.9 Å². The summed E-state index contributed by atoms with van der Waals surface area (Å²) in [6.07, 6.45) is 0.222. The van der Waals surface area contributed by atoms with E-state index in [1.165, 1.54) is 0 Å². The summed E-state index contributed by atoms with van der Waals surface area (Å²) in [6.45, 7) is 9.99. The van der Waals surface area contributed by atoms with Crippen LogP contribution in [0.4, 0.5) is 16.4 Å². The molecule has 0 spiro atoms. The number of esters is 1. The number of carboxylic acids is 2. The second kappa shape index (κ2) is 26.2. The van der Waals surface area contributed by atoms with E-state index < -0.39 is 34.6 Å². The van der Waals surface area contributed by atoms with Crippen LogP contribution in [-0.4, -0.2) is 119 Å². The number of carbonyl (C=O) groups excluding carboxylic acids is 2. The number of thiophene rings is 1. The molecule has 1 heterocycles. The molecule has 298 valence electrons. The molecule has 17 nitrogen and oxygen atoms in total. The van der Waals surface area contributed by atoms with Gasteiger partial charge in [0.05, 0.1) is 75.1 Å². The third kappa shape index (κ3) is 15.7. The van der Waals surface area contributed by atoms with Gasteiger partial charge in [0.1, 0.15) is 28.6 Å². The number of nitrogens with two attached hydrogens (primary N) is 2. The molecule has 0 aliphatic heterocycles. The maximum absolute atomic E-state index is 12.3. The van der Waals surface area contributed by atoms with Gasteiger partial charge in [0.2, 0.25) is 0 Å². The number of nitriles is 2. The van der Waals surface area contributed by atoms with Crippen molar-refractivity contribution in [3.05, 3.63) is 74.2 Å². The number of carbonyl (C=O) groups is 4. The molecule has 55 heavy (non-hydrogen) atoms. The maximum Gasteiger partial charge on any atom is 0.339 e. The molecule has 0 saturated heterocycles. The Kier molecular flexibility index (Phi) is 22.6. The fourth-order valence-electron chi connectivity index (χ4n) is 4.56. The summed E-state index contributed by atoms with van der Waals surface area (Å²) in [5, 5.41) is 43.0. The summed E-state index contributed by atoms with van der Waals surface area (Å²) >= 11 is 1.16.